The summed E-state index contributed by atoms with van der Waals surface area (Å²) in [4.78, 5) is 0. The van der Waals surface area contributed by atoms with Crippen LogP contribution >= 0.6 is 11.6 Å². The van der Waals surface area contributed by atoms with Crippen molar-refractivity contribution in [3.63, 3.8) is 0 Å². The van der Waals surface area contributed by atoms with Crippen LogP contribution in [0.25, 0.3) is 0 Å². The zero-order chi connectivity index (χ0) is 15.2. The molecule has 0 spiro atoms. The number of aliphatic hydroxyl groups is 1. The Hall–Kier alpha value is -1.58. The highest BCUT2D eigenvalue weighted by Crippen LogP contribution is 2.21. The Morgan fingerprint density at radius 2 is 1.71 bits per heavy atom. The molecule has 0 aliphatic carbocycles. The molecule has 0 aromatic heterocycles. The first-order chi connectivity index (χ1) is 10.1. The number of halogens is 2. The van der Waals surface area contributed by atoms with Crippen molar-refractivity contribution in [3.05, 3.63) is 64.4 Å². The maximum absolute atomic E-state index is 13.1. The molecule has 0 saturated carbocycles. The Bertz CT molecular complexity index is 584. The molecule has 21 heavy (non-hydrogen) atoms. The van der Waals surface area contributed by atoms with Gasteiger partial charge in [-0.1, -0.05) is 29.8 Å². The second kappa shape index (κ2) is 7.43. The summed E-state index contributed by atoms with van der Waals surface area (Å²) in [6, 6.07) is 12.5. The average Bonchev–Trinajstić information content (AvgIpc) is 2.51. The Kier molecular flexibility index (Phi) is 5.59. The second-order valence-corrected chi connectivity index (χ2v) is 5.46. The molecule has 1 N–H and O–H groups in total. The van der Waals surface area contributed by atoms with E-state index < -0.39 is 5.82 Å². The van der Waals surface area contributed by atoms with E-state index in [0.29, 0.717) is 6.42 Å². The number of hydrogen-bond acceptors (Lipinski definition) is 2. The molecule has 0 saturated heterocycles. The van der Waals surface area contributed by atoms with Crippen molar-refractivity contribution >= 4 is 11.6 Å². The van der Waals surface area contributed by atoms with Gasteiger partial charge in [-0.2, -0.15) is 0 Å². The third-order valence-corrected chi connectivity index (χ3v) is 3.74. The van der Waals surface area contributed by atoms with Crippen LogP contribution in [0.5, 0.6) is 5.75 Å². The van der Waals surface area contributed by atoms with Crippen LogP contribution < -0.4 is 4.74 Å². The van der Waals surface area contributed by atoms with Crippen molar-refractivity contribution in [1.29, 1.82) is 0 Å². The summed E-state index contributed by atoms with van der Waals surface area (Å²) in [6.45, 7) is 0.0705. The van der Waals surface area contributed by atoms with Gasteiger partial charge in [0, 0.05) is 6.61 Å². The summed E-state index contributed by atoms with van der Waals surface area (Å²) >= 11 is 5.78. The van der Waals surface area contributed by atoms with E-state index in [4.69, 9.17) is 16.3 Å². The van der Waals surface area contributed by atoms with Gasteiger partial charge in [0.05, 0.1) is 12.1 Å². The van der Waals surface area contributed by atoms with E-state index in [0.717, 1.165) is 23.3 Å². The van der Waals surface area contributed by atoms with Crippen molar-refractivity contribution in [2.24, 2.45) is 5.92 Å². The van der Waals surface area contributed by atoms with Gasteiger partial charge >= 0.3 is 0 Å². The van der Waals surface area contributed by atoms with E-state index >= 15 is 0 Å². The highest BCUT2D eigenvalue weighted by Gasteiger charge is 2.11. The number of ether oxygens (including phenoxy) is 1. The Labute approximate surface area is 129 Å². The highest BCUT2D eigenvalue weighted by atomic mass is 35.5. The predicted octanol–water partition coefficient (Wildman–Crippen LogP) is 3.88. The number of hydrogen-bond donors (Lipinski definition) is 1. The maximum Gasteiger partial charge on any atom is 0.141 e. The van der Waals surface area contributed by atoms with Crippen LogP contribution in [0.15, 0.2) is 42.5 Å². The first-order valence-electron chi connectivity index (χ1n) is 6.80. The number of aliphatic hydroxyl groups excluding tert-OH is 1. The lowest BCUT2D eigenvalue weighted by atomic mass is 9.93. The smallest absolute Gasteiger partial charge is 0.141 e. The Morgan fingerprint density at radius 3 is 2.29 bits per heavy atom. The van der Waals surface area contributed by atoms with Crippen molar-refractivity contribution < 1.29 is 14.2 Å². The van der Waals surface area contributed by atoms with Crippen molar-refractivity contribution in [2.45, 2.75) is 12.8 Å². The molecule has 0 aliphatic rings. The second-order valence-electron chi connectivity index (χ2n) is 5.05. The van der Waals surface area contributed by atoms with Gasteiger partial charge in [-0.15, -0.1) is 0 Å². The molecular weight excluding hydrogens is 291 g/mol. The molecule has 4 heteroatoms. The molecule has 0 amide bonds. The summed E-state index contributed by atoms with van der Waals surface area (Å²) in [5.74, 6) is 0.459. The van der Waals surface area contributed by atoms with E-state index in [9.17, 15) is 9.50 Å². The molecule has 0 aliphatic heterocycles. The average molecular weight is 309 g/mol. The zero-order valence-corrected chi connectivity index (χ0v) is 12.6. The van der Waals surface area contributed by atoms with E-state index in [-0.39, 0.29) is 17.5 Å². The maximum atomic E-state index is 13.1. The van der Waals surface area contributed by atoms with E-state index in [1.165, 1.54) is 6.07 Å². The molecular formula is C17H18ClFO2. The summed E-state index contributed by atoms with van der Waals surface area (Å²) in [6.07, 6.45) is 1.40. The van der Waals surface area contributed by atoms with Crippen molar-refractivity contribution in [1.82, 2.24) is 0 Å². The molecule has 112 valence electrons. The molecule has 2 aromatic carbocycles. The van der Waals surface area contributed by atoms with Crippen LogP contribution in [0.3, 0.4) is 0 Å². The Morgan fingerprint density at radius 1 is 1.10 bits per heavy atom. The van der Waals surface area contributed by atoms with E-state index in [2.05, 4.69) is 0 Å². The summed E-state index contributed by atoms with van der Waals surface area (Å²) in [7, 11) is 1.63. The monoisotopic (exact) mass is 308 g/mol. The van der Waals surface area contributed by atoms with Crippen LogP contribution in [0.1, 0.15) is 11.1 Å². The summed E-state index contributed by atoms with van der Waals surface area (Å²) in [5.41, 5.74) is 2.05. The molecule has 1 unspecified atom stereocenters. The van der Waals surface area contributed by atoms with E-state index in [1.807, 2.05) is 24.3 Å². The number of methoxy groups -OCH3 is 1. The van der Waals surface area contributed by atoms with Gasteiger partial charge in [0.1, 0.15) is 11.6 Å². The molecule has 1 atom stereocenters. The lowest BCUT2D eigenvalue weighted by Gasteiger charge is -2.15. The molecule has 0 radical (unpaired) electrons. The van der Waals surface area contributed by atoms with Gasteiger partial charge in [-0.05, 0) is 54.2 Å². The molecule has 0 bridgehead atoms. The van der Waals surface area contributed by atoms with Gasteiger partial charge in [0.25, 0.3) is 0 Å². The standard InChI is InChI=1S/C17H18ClFO2/c1-21-15-5-2-12(3-6-15)8-14(11-20)9-13-4-7-17(19)16(18)10-13/h2-7,10,14,20H,8-9,11H2,1H3. The lowest BCUT2D eigenvalue weighted by Crippen LogP contribution is -2.13. The first-order valence-corrected chi connectivity index (χ1v) is 7.18. The molecule has 0 heterocycles. The largest absolute Gasteiger partial charge is 0.497 e. The summed E-state index contributed by atoms with van der Waals surface area (Å²) < 4.78 is 18.3. The van der Waals surface area contributed by atoms with Crippen LogP contribution in [-0.2, 0) is 12.8 Å². The van der Waals surface area contributed by atoms with Gasteiger partial charge in [0.15, 0.2) is 0 Å². The minimum Gasteiger partial charge on any atom is -0.497 e. The van der Waals surface area contributed by atoms with Crippen LogP contribution in [0.4, 0.5) is 4.39 Å². The third-order valence-electron chi connectivity index (χ3n) is 3.45. The van der Waals surface area contributed by atoms with Crippen molar-refractivity contribution in [3.8, 4) is 5.75 Å². The summed E-state index contributed by atoms with van der Waals surface area (Å²) in [5, 5.41) is 9.66. The fraction of sp³-hybridized carbons (Fsp3) is 0.294. The molecule has 0 fully saturated rings. The van der Waals surface area contributed by atoms with Crippen LogP contribution in [0.2, 0.25) is 5.02 Å². The van der Waals surface area contributed by atoms with Gasteiger partial charge in [0.2, 0.25) is 0 Å². The quantitative estimate of drug-likeness (QED) is 0.877. The number of benzene rings is 2. The molecule has 2 rings (SSSR count). The topological polar surface area (TPSA) is 29.5 Å². The predicted molar refractivity (Wildman–Crippen MR) is 82.4 cm³/mol. The minimum absolute atomic E-state index is 0.0694. The highest BCUT2D eigenvalue weighted by molar-refractivity contribution is 6.30. The third kappa shape index (κ3) is 4.45. The van der Waals surface area contributed by atoms with Crippen LogP contribution in [0, 0.1) is 11.7 Å². The van der Waals surface area contributed by atoms with Crippen molar-refractivity contribution in [2.75, 3.05) is 13.7 Å². The van der Waals surface area contributed by atoms with Gasteiger partial charge in [-0.3, -0.25) is 0 Å². The fourth-order valence-corrected chi connectivity index (χ4v) is 2.50. The van der Waals surface area contributed by atoms with Gasteiger partial charge < -0.3 is 9.84 Å². The molecule has 2 aromatic rings. The number of rotatable bonds is 6. The normalized spacial score (nSPS) is 12.2. The van der Waals surface area contributed by atoms with Crippen LogP contribution in [-0.4, -0.2) is 18.8 Å². The molecule has 2 nitrogen and oxygen atoms in total. The Balaban J connectivity index is 2.03. The SMILES string of the molecule is COc1ccc(CC(CO)Cc2ccc(F)c(Cl)c2)cc1. The lowest BCUT2D eigenvalue weighted by molar-refractivity contribution is 0.225. The van der Waals surface area contributed by atoms with E-state index in [1.54, 1.807) is 19.2 Å². The fourth-order valence-electron chi connectivity index (χ4n) is 2.30. The minimum atomic E-state index is -0.420. The first kappa shape index (κ1) is 15.8. The zero-order valence-electron chi connectivity index (χ0n) is 11.9. The van der Waals surface area contributed by atoms with Gasteiger partial charge in [-0.25, -0.2) is 4.39 Å².